The van der Waals surface area contributed by atoms with Crippen LogP contribution in [0.5, 0.6) is 0 Å². The largest absolute Gasteiger partial charge is 0.310 e. The molecule has 14 rings (SSSR count). The average molecular weight is 667 g/mol. The van der Waals surface area contributed by atoms with E-state index < -0.39 is 0 Å². The van der Waals surface area contributed by atoms with Crippen LogP contribution in [0.4, 0.5) is 0 Å². The summed E-state index contributed by atoms with van der Waals surface area (Å²) in [6, 6.07) is 62.1. The van der Waals surface area contributed by atoms with Gasteiger partial charge in [0.1, 0.15) is 0 Å². The third-order valence-electron chi connectivity index (χ3n) is 12.7. The Morgan fingerprint density at radius 2 is 0.755 bits per heavy atom. The van der Waals surface area contributed by atoms with Crippen LogP contribution in [-0.4, -0.2) is 15.8 Å². The molecule has 12 aromatic rings. The Morgan fingerprint density at radius 3 is 1.30 bits per heavy atom. The second kappa shape index (κ2) is 9.14. The molecule has 2 aliphatic heterocycles. The normalized spacial score (nSPS) is 13.2. The van der Waals surface area contributed by atoms with Crippen LogP contribution in [0.15, 0.2) is 164 Å². The molecule has 0 aliphatic carbocycles. The van der Waals surface area contributed by atoms with Crippen molar-refractivity contribution in [1.29, 1.82) is 0 Å². The molecule has 53 heavy (non-hydrogen) atoms. The summed E-state index contributed by atoms with van der Waals surface area (Å²) in [7, 11) is 0. The highest BCUT2D eigenvalue weighted by atomic mass is 15.0. The number of aromatic nitrogens is 2. The minimum absolute atomic E-state index is 0.0567. The Bertz CT molecular complexity index is 3690. The Morgan fingerprint density at radius 1 is 0.340 bits per heavy atom. The lowest BCUT2D eigenvalue weighted by Crippen LogP contribution is -2.59. The first kappa shape index (κ1) is 26.9. The van der Waals surface area contributed by atoms with Gasteiger partial charge in [0.15, 0.2) is 0 Å². The first-order valence-electron chi connectivity index (χ1n) is 18.6. The summed E-state index contributed by atoms with van der Waals surface area (Å²) < 4.78 is 5.28. The number of hydrogen-bond donors (Lipinski definition) is 0. The minimum atomic E-state index is 0.0567. The summed E-state index contributed by atoms with van der Waals surface area (Å²) >= 11 is 0. The van der Waals surface area contributed by atoms with Crippen LogP contribution in [0.3, 0.4) is 0 Å². The van der Waals surface area contributed by atoms with Crippen molar-refractivity contribution in [2.45, 2.75) is 0 Å². The van der Waals surface area contributed by atoms with E-state index in [-0.39, 0.29) is 6.71 Å². The summed E-state index contributed by atoms with van der Waals surface area (Å²) in [6.07, 6.45) is 0. The Balaban J connectivity index is 1.30. The maximum atomic E-state index is 2.65. The topological polar surface area (TPSA) is 9.86 Å². The molecule has 0 radical (unpaired) electrons. The zero-order valence-corrected chi connectivity index (χ0v) is 28.6. The molecule has 2 aromatic heterocycles. The van der Waals surface area contributed by atoms with E-state index in [1.165, 1.54) is 125 Å². The van der Waals surface area contributed by atoms with E-state index >= 15 is 0 Å². The van der Waals surface area contributed by atoms with Crippen LogP contribution < -0.4 is 16.4 Å². The van der Waals surface area contributed by atoms with Gasteiger partial charge in [-0.3, -0.25) is 0 Å². The van der Waals surface area contributed by atoms with E-state index in [1.807, 2.05) is 0 Å². The third kappa shape index (κ3) is 3.12. The molecule has 0 spiro atoms. The van der Waals surface area contributed by atoms with Gasteiger partial charge < -0.3 is 9.13 Å². The van der Waals surface area contributed by atoms with Gasteiger partial charge in [-0.2, -0.15) is 0 Å². The summed E-state index contributed by atoms with van der Waals surface area (Å²) in [5.74, 6) is 0. The Kier molecular flexibility index (Phi) is 4.64. The summed E-state index contributed by atoms with van der Waals surface area (Å²) in [4.78, 5) is 0. The van der Waals surface area contributed by atoms with Gasteiger partial charge in [0.2, 0.25) is 0 Å². The van der Waals surface area contributed by atoms with Gasteiger partial charge in [0, 0.05) is 32.6 Å². The second-order valence-electron chi connectivity index (χ2n) is 15.2. The predicted octanol–water partition coefficient (Wildman–Crippen LogP) is 10.8. The van der Waals surface area contributed by atoms with Gasteiger partial charge in [-0.1, -0.05) is 133 Å². The lowest BCUT2D eigenvalue weighted by Gasteiger charge is -2.35. The summed E-state index contributed by atoms with van der Waals surface area (Å²) in [5.41, 5.74) is 12.0. The van der Waals surface area contributed by atoms with Crippen molar-refractivity contribution in [1.82, 2.24) is 9.13 Å². The second-order valence-corrected chi connectivity index (χ2v) is 15.2. The number of nitrogens with zero attached hydrogens (tertiary/aromatic N) is 2. The lowest BCUT2D eigenvalue weighted by molar-refractivity contribution is 1.16. The molecule has 0 N–H and O–H groups in total. The van der Waals surface area contributed by atoms with Gasteiger partial charge in [-0.25, -0.2) is 0 Å². The molecule has 2 aliphatic rings. The highest BCUT2D eigenvalue weighted by Crippen LogP contribution is 2.45. The maximum Gasteiger partial charge on any atom is 0.252 e. The van der Waals surface area contributed by atoms with Gasteiger partial charge in [0.05, 0.1) is 27.8 Å². The predicted molar refractivity (Wildman–Crippen MR) is 227 cm³/mol. The summed E-state index contributed by atoms with van der Waals surface area (Å²) in [5, 5.41) is 18.2. The van der Waals surface area contributed by atoms with Crippen LogP contribution >= 0.6 is 0 Å². The minimum Gasteiger partial charge on any atom is -0.310 e. The van der Waals surface area contributed by atoms with Crippen molar-refractivity contribution in [2.24, 2.45) is 0 Å². The van der Waals surface area contributed by atoms with Crippen molar-refractivity contribution >= 4 is 121 Å². The van der Waals surface area contributed by atoms with E-state index in [9.17, 15) is 0 Å². The monoisotopic (exact) mass is 666 g/mol. The summed E-state index contributed by atoms with van der Waals surface area (Å²) in [6.45, 7) is 0.0567. The van der Waals surface area contributed by atoms with Crippen LogP contribution in [-0.2, 0) is 0 Å². The molecule has 0 amide bonds. The van der Waals surface area contributed by atoms with Gasteiger partial charge >= 0.3 is 0 Å². The van der Waals surface area contributed by atoms with E-state index in [0.717, 1.165) is 0 Å². The van der Waals surface area contributed by atoms with E-state index in [2.05, 4.69) is 173 Å². The molecule has 0 atom stereocenters. The van der Waals surface area contributed by atoms with Gasteiger partial charge in [-0.05, 0) is 95.2 Å². The molecule has 0 unspecified atom stereocenters. The number of rotatable bonds is 0. The molecule has 2 nitrogen and oxygen atoms in total. The molecule has 240 valence electrons. The highest BCUT2D eigenvalue weighted by Gasteiger charge is 2.42. The molecule has 10 aromatic carbocycles. The molecule has 0 bridgehead atoms. The van der Waals surface area contributed by atoms with E-state index in [1.54, 1.807) is 0 Å². The molecule has 4 heterocycles. The number of fused-ring (bicyclic) bond motifs is 18. The fraction of sp³-hybridized carbons (Fsp3) is 0. The van der Waals surface area contributed by atoms with Crippen LogP contribution in [0, 0.1) is 0 Å². The van der Waals surface area contributed by atoms with Crippen LogP contribution in [0.2, 0.25) is 0 Å². The van der Waals surface area contributed by atoms with Crippen molar-refractivity contribution in [2.75, 3.05) is 0 Å². The lowest BCUT2D eigenvalue weighted by atomic mass is 9.34. The molecule has 0 saturated carbocycles. The average Bonchev–Trinajstić information content (AvgIpc) is 3.72. The smallest absolute Gasteiger partial charge is 0.252 e. The third-order valence-corrected chi connectivity index (χ3v) is 12.7. The zero-order valence-electron chi connectivity index (χ0n) is 28.6. The van der Waals surface area contributed by atoms with Crippen LogP contribution in [0.25, 0.3) is 109 Å². The van der Waals surface area contributed by atoms with Crippen molar-refractivity contribution in [3.8, 4) is 11.4 Å². The number of benzene rings is 10. The standard InChI is InChI=1S/C50H27BN2/c1-3-13-30-25-42-38(21-28(30)11-1)45-35-18-8-5-15-32(35)23-40-49(45)52(42)44-27-34-17-7-10-20-37(34)48-47(44)51(40)41-24-33-16-6-9-19-36(33)46-39-22-29-12-2-4-14-31(29)26-43(39)53(48)50(41)46/h1-27H. The molecular formula is C50H27BN2. The first-order chi connectivity index (χ1) is 26.3. The van der Waals surface area contributed by atoms with E-state index in [4.69, 9.17) is 0 Å². The first-order valence-corrected chi connectivity index (χ1v) is 18.6. The molecule has 0 fully saturated rings. The fourth-order valence-electron chi connectivity index (χ4n) is 10.7. The maximum absolute atomic E-state index is 2.65. The van der Waals surface area contributed by atoms with E-state index in [0.29, 0.717) is 0 Å². The quantitative estimate of drug-likeness (QED) is 0.143. The van der Waals surface area contributed by atoms with Gasteiger partial charge in [-0.15, -0.1) is 0 Å². The van der Waals surface area contributed by atoms with Crippen LogP contribution in [0.1, 0.15) is 0 Å². The highest BCUT2D eigenvalue weighted by molar-refractivity contribution is 7.01. The molecule has 3 heteroatoms. The van der Waals surface area contributed by atoms with Crippen molar-refractivity contribution in [3.05, 3.63) is 164 Å². The SMILES string of the molecule is c1ccc2cc3c(cc2c1)c1c2ccccc2cc2c1n3-c1cc3ccccc3c3c1B2c1cc2ccccc2c2c4cc5ccccc5cc4n-3c12. The zero-order chi connectivity index (χ0) is 34.1. The molecular weight excluding hydrogens is 639 g/mol. The van der Waals surface area contributed by atoms with Gasteiger partial charge in [0.25, 0.3) is 6.71 Å². The Labute approximate surface area is 303 Å². The molecule has 0 saturated heterocycles. The number of hydrogen-bond acceptors (Lipinski definition) is 0. The fourth-order valence-corrected chi connectivity index (χ4v) is 10.7. The van der Waals surface area contributed by atoms with Crippen molar-refractivity contribution < 1.29 is 0 Å². The Hall–Kier alpha value is -6.84. The van der Waals surface area contributed by atoms with Crippen molar-refractivity contribution in [3.63, 3.8) is 0 Å².